The van der Waals surface area contributed by atoms with E-state index in [-0.39, 0.29) is 0 Å². The van der Waals surface area contributed by atoms with Crippen molar-refractivity contribution < 1.29 is 9.64 Å². The molecule has 1 aliphatic rings. The minimum Gasteiger partial charge on any atom is -0.492 e. The fourth-order valence-corrected chi connectivity index (χ4v) is 3.50. The molecule has 3 heteroatoms. The second-order valence-corrected chi connectivity index (χ2v) is 6.74. The molecular weight excluding hydrogens is 296 g/mol. The maximum Gasteiger partial charge on any atom is 0.142 e. The molecule has 24 heavy (non-hydrogen) atoms. The number of benzene rings is 2. The maximum atomic E-state index is 5.79. The van der Waals surface area contributed by atoms with Crippen LogP contribution >= 0.6 is 0 Å². The average Bonchev–Trinajstić information content (AvgIpc) is 2.60. The quantitative estimate of drug-likeness (QED) is 0.910. The summed E-state index contributed by atoms with van der Waals surface area (Å²) in [7, 11) is 0. The standard InChI is InChI=1S/C21H28N2O/c1-4-24-21-8-6-5-7-20(21)23-13-11-22(12-14-23)16-19-15-17(2)9-10-18(19)3/h5-10,15H,4,11-14,16H2,1-3H3/p+1. The molecule has 1 heterocycles. The van der Waals surface area contributed by atoms with E-state index in [4.69, 9.17) is 4.74 Å². The van der Waals surface area contributed by atoms with Gasteiger partial charge < -0.3 is 14.5 Å². The molecule has 0 radical (unpaired) electrons. The number of nitrogens with one attached hydrogen (secondary N) is 1. The Morgan fingerprint density at radius 3 is 2.54 bits per heavy atom. The van der Waals surface area contributed by atoms with E-state index in [1.165, 1.54) is 35.5 Å². The Hall–Kier alpha value is -2.00. The van der Waals surface area contributed by atoms with Crippen molar-refractivity contribution >= 4 is 5.69 Å². The van der Waals surface area contributed by atoms with Gasteiger partial charge in [0.2, 0.25) is 0 Å². The van der Waals surface area contributed by atoms with Crippen LogP contribution in [0.25, 0.3) is 0 Å². The lowest BCUT2D eigenvalue weighted by atomic mass is 10.0. The van der Waals surface area contributed by atoms with Gasteiger partial charge in [-0.15, -0.1) is 0 Å². The first-order valence-electron chi connectivity index (χ1n) is 9.04. The molecule has 0 atom stereocenters. The fourth-order valence-electron chi connectivity index (χ4n) is 3.50. The molecule has 0 saturated carbocycles. The Bertz CT molecular complexity index is 675. The van der Waals surface area contributed by atoms with Gasteiger partial charge in [-0.3, -0.25) is 0 Å². The van der Waals surface area contributed by atoms with Crippen LogP contribution in [0.1, 0.15) is 23.6 Å². The van der Waals surface area contributed by atoms with Crippen LogP contribution in [0.4, 0.5) is 5.69 Å². The van der Waals surface area contributed by atoms with Gasteiger partial charge in [0.1, 0.15) is 12.3 Å². The van der Waals surface area contributed by atoms with E-state index in [1.54, 1.807) is 4.90 Å². The van der Waals surface area contributed by atoms with Gasteiger partial charge in [-0.25, -0.2) is 0 Å². The average molecular weight is 325 g/mol. The predicted octanol–water partition coefficient (Wildman–Crippen LogP) is 2.61. The molecule has 2 aromatic carbocycles. The first kappa shape index (κ1) is 16.8. The van der Waals surface area contributed by atoms with E-state index >= 15 is 0 Å². The van der Waals surface area contributed by atoms with E-state index in [1.807, 2.05) is 6.92 Å². The summed E-state index contributed by atoms with van der Waals surface area (Å²) in [6.07, 6.45) is 0. The molecule has 128 valence electrons. The van der Waals surface area contributed by atoms with Gasteiger partial charge in [0.05, 0.1) is 38.5 Å². The molecule has 1 fully saturated rings. The topological polar surface area (TPSA) is 16.9 Å². The Morgan fingerprint density at radius 2 is 1.79 bits per heavy atom. The van der Waals surface area contributed by atoms with Crippen molar-refractivity contribution in [1.29, 1.82) is 0 Å². The second-order valence-electron chi connectivity index (χ2n) is 6.74. The third-order valence-electron chi connectivity index (χ3n) is 4.92. The molecule has 2 aromatic rings. The summed E-state index contributed by atoms with van der Waals surface area (Å²) in [6.45, 7) is 12.8. The number of aryl methyl sites for hydroxylation is 2. The van der Waals surface area contributed by atoms with E-state index in [9.17, 15) is 0 Å². The lowest BCUT2D eigenvalue weighted by Crippen LogP contribution is -3.13. The molecule has 0 amide bonds. The molecule has 0 aromatic heterocycles. The van der Waals surface area contributed by atoms with Crippen molar-refractivity contribution in [3.63, 3.8) is 0 Å². The van der Waals surface area contributed by atoms with Crippen LogP contribution in [-0.4, -0.2) is 32.8 Å². The predicted molar refractivity (Wildman–Crippen MR) is 100 cm³/mol. The third kappa shape index (κ3) is 3.90. The van der Waals surface area contributed by atoms with Gasteiger partial charge >= 0.3 is 0 Å². The van der Waals surface area contributed by atoms with Crippen LogP contribution in [0, 0.1) is 13.8 Å². The van der Waals surface area contributed by atoms with Gasteiger partial charge in [-0.05, 0) is 38.5 Å². The number of quaternary nitrogens is 1. The molecule has 0 spiro atoms. The molecule has 1 aliphatic heterocycles. The van der Waals surface area contributed by atoms with Crippen LogP contribution in [0.3, 0.4) is 0 Å². The van der Waals surface area contributed by atoms with Crippen molar-refractivity contribution in [3.05, 3.63) is 59.2 Å². The summed E-state index contributed by atoms with van der Waals surface area (Å²) in [5, 5.41) is 0. The van der Waals surface area contributed by atoms with Crippen molar-refractivity contribution in [2.45, 2.75) is 27.3 Å². The molecule has 1 saturated heterocycles. The summed E-state index contributed by atoms with van der Waals surface area (Å²) in [6, 6.07) is 15.2. The number of hydrogen-bond donors (Lipinski definition) is 1. The Kier molecular flexibility index (Phi) is 5.41. The molecular formula is C21H29N2O+. The van der Waals surface area contributed by atoms with Gasteiger partial charge in [0.15, 0.2) is 0 Å². The number of rotatable bonds is 5. The number of anilines is 1. The van der Waals surface area contributed by atoms with Crippen molar-refractivity contribution in [2.75, 3.05) is 37.7 Å². The van der Waals surface area contributed by atoms with Crippen LogP contribution in [-0.2, 0) is 6.54 Å². The Labute approximate surface area is 145 Å². The van der Waals surface area contributed by atoms with E-state index < -0.39 is 0 Å². The number of ether oxygens (including phenoxy) is 1. The molecule has 0 bridgehead atoms. The summed E-state index contributed by atoms with van der Waals surface area (Å²) in [4.78, 5) is 4.14. The summed E-state index contributed by atoms with van der Waals surface area (Å²) in [5.41, 5.74) is 5.51. The third-order valence-corrected chi connectivity index (χ3v) is 4.92. The molecule has 0 unspecified atom stereocenters. The lowest BCUT2D eigenvalue weighted by Gasteiger charge is -2.34. The number of piperazine rings is 1. The number of nitrogens with zero attached hydrogens (tertiary/aromatic N) is 1. The Balaban J connectivity index is 1.63. The van der Waals surface area contributed by atoms with E-state index in [2.05, 4.69) is 61.2 Å². The van der Waals surface area contributed by atoms with Crippen LogP contribution in [0.2, 0.25) is 0 Å². The van der Waals surface area contributed by atoms with Crippen molar-refractivity contribution in [2.24, 2.45) is 0 Å². The van der Waals surface area contributed by atoms with Crippen molar-refractivity contribution in [3.8, 4) is 5.75 Å². The fraction of sp³-hybridized carbons (Fsp3) is 0.429. The number of para-hydroxylation sites is 2. The largest absolute Gasteiger partial charge is 0.492 e. The molecule has 0 aliphatic carbocycles. The molecule has 3 nitrogen and oxygen atoms in total. The van der Waals surface area contributed by atoms with E-state index in [0.717, 1.165) is 32.0 Å². The summed E-state index contributed by atoms with van der Waals surface area (Å²) < 4.78 is 5.79. The summed E-state index contributed by atoms with van der Waals surface area (Å²) >= 11 is 0. The molecule has 1 N–H and O–H groups in total. The van der Waals surface area contributed by atoms with Crippen LogP contribution in [0.5, 0.6) is 5.75 Å². The zero-order valence-corrected chi connectivity index (χ0v) is 15.1. The van der Waals surface area contributed by atoms with Crippen LogP contribution < -0.4 is 14.5 Å². The number of hydrogen-bond acceptors (Lipinski definition) is 2. The monoisotopic (exact) mass is 325 g/mol. The maximum absolute atomic E-state index is 5.79. The van der Waals surface area contributed by atoms with Crippen molar-refractivity contribution in [1.82, 2.24) is 0 Å². The normalized spacial score (nSPS) is 15.5. The Morgan fingerprint density at radius 1 is 1.04 bits per heavy atom. The first-order chi connectivity index (χ1) is 11.7. The second kappa shape index (κ2) is 7.71. The highest BCUT2D eigenvalue weighted by Crippen LogP contribution is 2.27. The highest BCUT2D eigenvalue weighted by Gasteiger charge is 2.22. The minimum absolute atomic E-state index is 0.717. The van der Waals surface area contributed by atoms with Crippen LogP contribution in [0.15, 0.2) is 42.5 Å². The smallest absolute Gasteiger partial charge is 0.142 e. The van der Waals surface area contributed by atoms with Gasteiger partial charge in [0, 0.05) is 5.56 Å². The highest BCUT2D eigenvalue weighted by atomic mass is 16.5. The summed E-state index contributed by atoms with van der Waals surface area (Å²) in [5.74, 6) is 1.01. The SMILES string of the molecule is CCOc1ccccc1N1CC[NH+](Cc2cc(C)ccc2C)CC1. The van der Waals surface area contributed by atoms with Gasteiger partial charge in [0.25, 0.3) is 0 Å². The lowest BCUT2D eigenvalue weighted by molar-refractivity contribution is -0.914. The zero-order chi connectivity index (χ0) is 16.9. The zero-order valence-electron chi connectivity index (χ0n) is 15.1. The van der Waals surface area contributed by atoms with Gasteiger partial charge in [-0.2, -0.15) is 0 Å². The first-order valence-corrected chi connectivity index (χ1v) is 9.04. The van der Waals surface area contributed by atoms with E-state index in [0.29, 0.717) is 0 Å². The van der Waals surface area contributed by atoms with Gasteiger partial charge in [-0.1, -0.05) is 35.9 Å². The highest BCUT2D eigenvalue weighted by molar-refractivity contribution is 5.58. The minimum atomic E-state index is 0.717. The molecule has 3 rings (SSSR count).